The molecule has 0 fully saturated rings. The Hall–Kier alpha value is -1.45. The summed E-state index contributed by atoms with van der Waals surface area (Å²) in [6.45, 7) is 9.26. The lowest BCUT2D eigenvalue weighted by atomic mass is 9.93. The van der Waals surface area contributed by atoms with Gasteiger partial charge >= 0.3 is 5.97 Å². The fourth-order valence-electron chi connectivity index (χ4n) is 1.41. The normalized spacial score (nSPS) is 19.4. The molecule has 1 aliphatic carbocycles. The molecular weight excluding hydrogens is 220 g/mol. The maximum atomic E-state index is 11.5. The zero-order chi connectivity index (χ0) is 13.6. The van der Waals surface area contributed by atoms with Gasteiger partial charge in [0.2, 0.25) is 0 Å². The summed E-state index contributed by atoms with van der Waals surface area (Å²) < 4.78 is 5.00. The Labute approximate surface area is 103 Å². The molecule has 1 atom stereocenters. The van der Waals surface area contributed by atoms with Crippen molar-refractivity contribution >= 4 is 5.97 Å². The van der Waals surface area contributed by atoms with E-state index in [0.717, 1.165) is 0 Å². The molecule has 2 N–H and O–H groups in total. The maximum Gasteiger partial charge on any atom is 0.334 e. The summed E-state index contributed by atoms with van der Waals surface area (Å²) in [5, 5.41) is 18.7. The van der Waals surface area contributed by atoms with E-state index in [0.29, 0.717) is 12.0 Å². The monoisotopic (exact) mass is 242 g/mol. The molecule has 1 aliphatic rings. The van der Waals surface area contributed by atoms with Crippen LogP contribution in [-0.2, 0) is 9.53 Å². The molecule has 1 rings (SSSR count). The first-order valence-corrected chi connectivity index (χ1v) is 5.95. The molecule has 0 spiro atoms. The Balaban J connectivity index is 0.00000121. The minimum Gasteiger partial charge on any atom is -0.508 e. The second-order valence-corrected chi connectivity index (χ2v) is 4.00. The first-order valence-electron chi connectivity index (χ1n) is 5.95. The predicted molar refractivity (Wildman–Crippen MR) is 66.7 cm³/mol. The molecule has 4 heteroatoms. The van der Waals surface area contributed by atoms with Gasteiger partial charge in [-0.25, -0.2) is 4.79 Å². The van der Waals surface area contributed by atoms with E-state index in [1.165, 1.54) is 6.08 Å². The van der Waals surface area contributed by atoms with Gasteiger partial charge in [-0.1, -0.05) is 20.8 Å². The van der Waals surface area contributed by atoms with Crippen molar-refractivity contribution in [1.82, 2.24) is 0 Å². The van der Waals surface area contributed by atoms with Crippen molar-refractivity contribution in [2.45, 2.75) is 47.1 Å². The number of rotatable bonds is 2. The highest BCUT2D eigenvalue weighted by molar-refractivity contribution is 5.89. The van der Waals surface area contributed by atoms with E-state index in [4.69, 9.17) is 4.74 Å². The van der Waals surface area contributed by atoms with Gasteiger partial charge in [0, 0.05) is 11.5 Å². The summed E-state index contributed by atoms with van der Waals surface area (Å²) in [5.41, 5.74) is 0.395. The number of ether oxygens (including phenoxy) is 1. The number of aliphatic hydroxyl groups is 2. The molecule has 98 valence electrons. The van der Waals surface area contributed by atoms with E-state index in [1.807, 2.05) is 13.8 Å². The third kappa shape index (κ3) is 4.51. The minimum absolute atomic E-state index is 0.0731. The standard InChI is InChI=1S/C11H16O4.C2H6/c1-6(2)15-11(14)8-4-7(3)10(13)9(12)5-8;1-2/h5-7,12-13H,4H2,1-3H3;1-2H3. The number of carbonyl (C=O) groups excluding carboxylic acids is 1. The smallest absolute Gasteiger partial charge is 0.334 e. The van der Waals surface area contributed by atoms with E-state index in [9.17, 15) is 15.0 Å². The van der Waals surface area contributed by atoms with Crippen LogP contribution in [0.5, 0.6) is 0 Å². The highest BCUT2D eigenvalue weighted by atomic mass is 16.5. The summed E-state index contributed by atoms with van der Waals surface area (Å²) in [7, 11) is 0. The lowest BCUT2D eigenvalue weighted by Crippen LogP contribution is -2.19. The first-order chi connectivity index (χ1) is 7.91. The van der Waals surface area contributed by atoms with Crippen LogP contribution in [0.3, 0.4) is 0 Å². The Morgan fingerprint density at radius 3 is 2.35 bits per heavy atom. The topological polar surface area (TPSA) is 66.8 Å². The predicted octanol–water partition coefficient (Wildman–Crippen LogP) is 3.26. The number of allylic oxidation sites excluding steroid dienone is 2. The van der Waals surface area contributed by atoms with Gasteiger partial charge in [-0.3, -0.25) is 0 Å². The molecule has 0 saturated carbocycles. The van der Waals surface area contributed by atoms with Gasteiger partial charge in [0.05, 0.1) is 6.10 Å². The molecule has 0 aromatic heterocycles. The lowest BCUT2D eigenvalue weighted by Gasteiger charge is -2.19. The summed E-state index contributed by atoms with van der Waals surface area (Å²) in [4.78, 5) is 11.5. The number of aliphatic hydroxyl groups excluding tert-OH is 2. The Kier molecular flexibility index (Phi) is 6.39. The summed E-state index contributed by atoms with van der Waals surface area (Å²) in [5.74, 6) is -0.999. The zero-order valence-electron chi connectivity index (χ0n) is 11.2. The number of carbonyl (C=O) groups is 1. The van der Waals surface area contributed by atoms with Crippen molar-refractivity contribution in [2.75, 3.05) is 0 Å². The largest absolute Gasteiger partial charge is 0.508 e. The van der Waals surface area contributed by atoms with Gasteiger partial charge in [-0.2, -0.15) is 0 Å². The molecule has 0 bridgehead atoms. The molecule has 1 unspecified atom stereocenters. The van der Waals surface area contributed by atoms with Crippen molar-refractivity contribution in [3.05, 3.63) is 23.2 Å². The average Bonchev–Trinajstić information content (AvgIpc) is 2.27. The van der Waals surface area contributed by atoms with Gasteiger partial charge in [-0.15, -0.1) is 0 Å². The number of esters is 1. The SMILES string of the molecule is CC.CC(C)OC(=O)C1=CC(O)=C(O)C(C)C1. The van der Waals surface area contributed by atoms with Crippen molar-refractivity contribution in [3.8, 4) is 0 Å². The summed E-state index contributed by atoms with van der Waals surface area (Å²) >= 11 is 0. The van der Waals surface area contributed by atoms with E-state index >= 15 is 0 Å². The molecule has 0 heterocycles. The molecular formula is C13H22O4. The first kappa shape index (κ1) is 15.6. The van der Waals surface area contributed by atoms with Gasteiger partial charge in [-0.05, 0) is 26.3 Å². The molecule has 0 aromatic carbocycles. The van der Waals surface area contributed by atoms with Crippen LogP contribution in [0.2, 0.25) is 0 Å². The third-order valence-electron chi connectivity index (χ3n) is 2.17. The quantitative estimate of drug-likeness (QED) is 0.729. The highest BCUT2D eigenvalue weighted by Crippen LogP contribution is 2.27. The van der Waals surface area contributed by atoms with Crippen molar-refractivity contribution in [3.63, 3.8) is 0 Å². The third-order valence-corrected chi connectivity index (χ3v) is 2.17. The molecule has 4 nitrogen and oxygen atoms in total. The fraction of sp³-hybridized carbons (Fsp3) is 0.615. The van der Waals surface area contributed by atoms with Gasteiger partial charge < -0.3 is 14.9 Å². The second-order valence-electron chi connectivity index (χ2n) is 4.00. The van der Waals surface area contributed by atoms with Crippen LogP contribution in [0.25, 0.3) is 0 Å². The average molecular weight is 242 g/mol. The van der Waals surface area contributed by atoms with Crippen LogP contribution in [0.15, 0.2) is 23.2 Å². The van der Waals surface area contributed by atoms with Crippen molar-refractivity contribution in [2.24, 2.45) is 5.92 Å². The zero-order valence-corrected chi connectivity index (χ0v) is 11.2. The highest BCUT2D eigenvalue weighted by Gasteiger charge is 2.24. The van der Waals surface area contributed by atoms with Crippen LogP contribution in [0.4, 0.5) is 0 Å². The van der Waals surface area contributed by atoms with Crippen LogP contribution in [-0.4, -0.2) is 22.3 Å². The Morgan fingerprint density at radius 2 is 1.94 bits per heavy atom. The second kappa shape index (κ2) is 6.99. The van der Waals surface area contributed by atoms with Crippen LogP contribution >= 0.6 is 0 Å². The number of hydrogen-bond acceptors (Lipinski definition) is 4. The molecule has 0 aliphatic heterocycles. The minimum atomic E-state index is -0.434. The Bertz CT molecular complexity index is 326. The lowest BCUT2D eigenvalue weighted by molar-refractivity contribution is -0.143. The van der Waals surface area contributed by atoms with Gasteiger partial charge in [0.25, 0.3) is 0 Å². The van der Waals surface area contributed by atoms with E-state index in [-0.39, 0.29) is 23.5 Å². The van der Waals surface area contributed by atoms with Crippen molar-refractivity contribution in [1.29, 1.82) is 0 Å². The number of hydrogen-bond donors (Lipinski definition) is 2. The van der Waals surface area contributed by atoms with Gasteiger partial charge in [0.1, 0.15) is 5.76 Å². The molecule has 0 amide bonds. The van der Waals surface area contributed by atoms with Crippen LogP contribution < -0.4 is 0 Å². The molecule has 0 radical (unpaired) electrons. The van der Waals surface area contributed by atoms with Crippen LogP contribution in [0, 0.1) is 5.92 Å². The molecule has 0 saturated heterocycles. The summed E-state index contributed by atoms with van der Waals surface area (Å²) in [6, 6.07) is 0. The van der Waals surface area contributed by atoms with Gasteiger partial charge in [0.15, 0.2) is 5.76 Å². The van der Waals surface area contributed by atoms with Crippen LogP contribution in [0.1, 0.15) is 41.0 Å². The van der Waals surface area contributed by atoms with Crippen molar-refractivity contribution < 1.29 is 19.7 Å². The van der Waals surface area contributed by atoms with E-state index in [2.05, 4.69) is 0 Å². The van der Waals surface area contributed by atoms with E-state index in [1.54, 1.807) is 20.8 Å². The molecule has 17 heavy (non-hydrogen) atoms. The molecule has 0 aromatic rings. The maximum absolute atomic E-state index is 11.5. The summed E-state index contributed by atoms with van der Waals surface area (Å²) in [6.07, 6.45) is 1.47. The van der Waals surface area contributed by atoms with E-state index < -0.39 is 5.97 Å². The Morgan fingerprint density at radius 1 is 1.41 bits per heavy atom. The fourth-order valence-corrected chi connectivity index (χ4v) is 1.41.